The van der Waals surface area contributed by atoms with Gasteiger partial charge in [0, 0.05) is 6.61 Å². The van der Waals surface area contributed by atoms with Gasteiger partial charge < -0.3 is 4.74 Å². The molecule has 0 N–H and O–H groups in total. The maximum atomic E-state index is 12.2. The summed E-state index contributed by atoms with van der Waals surface area (Å²) in [6, 6.07) is 0. The fourth-order valence-corrected chi connectivity index (χ4v) is 6.88. The predicted molar refractivity (Wildman–Crippen MR) is 198 cm³/mol. The molecule has 0 aromatic rings. The molecule has 0 rings (SSSR count). The van der Waals surface area contributed by atoms with Crippen molar-refractivity contribution in [1.29, 1.82) is 0 Å². The monoisotopic (exact) mass is 625 g/mol. The third-order valence-corrected chi connectivity index (χ3v) is 10.1. The molecule has 0 heterocycles. The Morgan fingerprint density at radius 3 is 0.886 bits per heavy atom. The summed E-state index contributed by atoms with van der Waals surface area (Å²) in [7, 11) is 0. The van der Waals surface area contributed by atoms with Gasteiger partial charge in [-0.15, -0.1) is 0 Å². The van der Waals surface area contributed by atoms with Crippen molar-refractivity contribution in [3.8, 4) is 0 Å². The largest absolute Gasteiger partial charge is 0.375 e. The Bertz CT molecular complexity index is 476. The fraction of sp³-hybridized carbons (Fsp3) is 1.00. The average Bonchev–Trinajstić information content (AvgIpc) is 3.02. The molecule has 2 heteroatoms. The summed E-state index contributed by atoms with van der Waals surface area (Å²) < 4.78 is 18.9. The Morgan fingerprint density at radius 2 is 0.591 bits per heavy atom. The molecule has 0 radical (unpaired) electrons. The first-order valence-corrected chi connectivity index (χ1v) is 20.9. The van der Waals surface area contributed by atoms with Crippen molar-refractivity contribution >= 4 is 0 Å². The van der Waals surface area contributed by atoms with E-state index in [1.807, 2.05) is 0 Å². The maximum Gasteiger partial charge on any atom is 0.0894 e. The molecular formula is C42H85FO. The Balaban J connectivity index is 4.04. The van der Waals surface area contributed by atoms with Crippen molar-refractivity contribution in [3.05, 3.63) is 0 Å². The van der Waals surface area contributed by atoms with Crippen LogP contribution in [0.5, 0.6) is 0 Å². The third kappa shape index (κ3) is 34.8. The van der Waals surface area contributed by atoms with E-state index in [-0.39, 0.29) is 12.3 Å². The van der Waals surface area contributed by atoms with Gasteiger partial charge in [0.1, 0.15) is 0 Å². The molecular weight excluding hydrogens is 539 g/mol. The standard InChI is InChI=1S/C42H85FO/c1-4-6-8-10-12-14-16-18-20-22-26-30-34-38-42(3,44-41-37-33-29-25-24-28-32-36-40-43)39-35-31-27-23-21-19-17-15-13-11-9-7-5-2/h4-41H2,1-3H3. The number of halogens is 1. The number of hydrogen-bond acceptors (Lipinski definition) is 1. The lowest BCUT2D eigenvalue weighted by atomic mass is 9.91. The van der Waals surface area contributed by atoms with Crippen LogP contribution < -0.4 is 0 Å². The van der Waals surface area contributed by atoms with Crippen molar-refractivity contribution in [2.75, 3.05) is 13.3 Å². The summed E-state index contributed by atoms with van der Waals surface area (Å²) in [6.07, 6.45) is 48.9. The lowest BCUT2D eigenvalue weighted by molar-refractivity contribution is -0.0482. The molecule has 0 atom stereocenters. The number of rotatable bonds is 39. The van der Waals surface area contributed by atoms with Crippen LogP contribution in [0.4, 0.5) is 4.39 Å². The Morgan fingerprint density at radius 1 is 0.341 bits per heavy atom. The minimum absolute atomic E-state index is 0.0852. The predicted octanol–water partition coefficient (Wildman–Crippen LogP) is 15.8. The van der Waals surface area contributed by atoms with Crippen molar-refractivity contribution in [3.63, 3.8) is 0 Å². The summed E-state index contributed by atoms with van der Waals surface area (Å²) in [6.45, 7) is 7.83. The van der Waals surface area contributed by atoms with Crippen LogP contribution in [-0.4, -0.2) is 18.9 Å². The van der Waals surface area contributed by atoms with Gasteiger partial charge in [-0.1, -0.05) is 219 Å². The number of ether oxygens (including phenoxy) is 1. The maximum absolute atomic E-state index is 12.2. The van der Waals surface area contributed by atoms with Gasteiger partial charge in [0.05, 0.1) is 12.3 Å². The van der Waals surface area contributed by atoms with Gasteiger partial charge in [0.2, 0.25) is 0 Å². The van der Waals surface area contributed by atoms with E-state index < -0.39 is 0 Å². The lowest BCUT2D eigenvalue weighted by Gasteiger charge is -2.30. The molecule has 0 aliphatic rings. The molecule has 44 heavy (non-hydrogen) atoms. The molecule has 0 aliphatic heterocycles. The van der Waals surface area contributed by atoms with Gasteiger partial charge >= 0.3 is 0 Å². The van der Waals surface area contributed by atoms with Crippen LogP contribution in [0, 0.1) is 0 Å². The van der Waals surface area contributed by atoms with Crippen LogP contribution in [0.2, 0.25) is 0 Å². The third-order valence-electron chi connectivity index (χ3n) is 10.1. The van der Waals surface area contributed by atoms with Crippen molar-refractivity contribution in [2.45, 2.75) is 258 Å². The fourth-order valence-electron chi connectivity index (χ4n) is 6.88. The highest BCUT2D eigenvalue weighted by atomic mass is 19.1. The van der Waals surface area contributed by atoms with Crippen LogP contribution in [-0.2, 0) is 4.74 Å². The minimum atomic E-state index is -0.144. The normalized spacial score (nSPS) is 12.0. The van der Waals surface area contributed by atoms with E-state index in [2.05, 4.69) is 20.8 Å². The molecule has 0 saturated heterocycles. The first kappa shape index (κ1) is 43.9. The number of hydrogen-bond donors (Lipinski definition) is 0. The van der Waals surface area contributed by atoms with Gasteiger partial charge in [0.15, 0.2) is 0 Å². The molecule has 0 spiro atoms. The zero-order valence-corrected chi connectivity index (χ0v) is 31.2. The van der Waals surface area contributed by atoms with Crippen LogP contribution in [0.15, 0.2) is 0 Å². The zero-order valence-electron chi connectivity index (χ0n) is 31.2. The molecule has 0 amide bonds. The highest BCUT2D eigenvalue weighted by molar-refractivity contribution is 4.76. The zero-order chi connectivity index (χ0) is 32.1. The van der Waals surface area contributed by atoms with Crippen molar-refractivity contribution in [2.24, 2.45) is 0 Å². The highest BCUT2D eigenvalue weighted by Gasteiger charge is 2.23. The first-order chi connectivity index (χ1) is 21.7. The molecule has 0 bridgehead atoms. The molecule has 0 aliphatic carbocycles. The van der Waals surface area contributed by atoms with E-state index in [9.17, 15) is 4.39 Å². The van der Waals surface area contributed by atoms with Gasteiger partial charge in [0.25, 0.3) is 0 Å². The summed E-state index contributed by atoms with van der Waals surface area (Å²) in [4.78, 5) is 0. The van der Waals surface area contributed by atoms with E-state index in [0.29, 0.717) is 0 Å². The van der Waals surface area contributed by atoms with Crippen LogP contribution in [0.1, 0.15) is 252 Å². The molecule has 266 valence electrons. The molecule has 1 nitrogen and oxygen atoms in total. The summed E-state index contributed by atoms with van der Waals surface area (Å²) in [5, 5.41) is 0. The highest BCUT2D eigenvalue weighted by Crippen LogP contribution is 2.28. The number of alkyl halides is 1. The first-order valence-electron chi connectivity index (χ1n) is 20.9. The smallest absolute Gasteiger partial charge is 0.0894 e. The molecule has 0 aromatic carbocycles. The average molecular weight is 625 g/mol. The Hall–Kier alpha value is -0.110. The van der Waals surface area contributed by atoms with E-state index in [1.165, 1.54) is 218 Å². The van der Waals surface area contributed by atoms with Crippen LogP contribution in [0.25, 0.3) is 0 Å². The van der Waals surface area contributed by atoms with E-state index in [4.69, 9.17) is 4.74 Å². The Kier molecular flexibility index (Phi) is 37.3. The van der Waals surface area contributed by atoms with E-state index in [1.54, 1.807) is 0 Å². The molecule has 0 unspecified atom stereocenters. The van der Waals surface area contributed by atoms with Crippen molar-refractivity contribution in [1.82, 2.24) is 0 Å². The molecule has 0 aromatic heterocycles. The van der Waals surface area contributed by atoms with E-state index >= 15 is 0 Å². The summed E-state index contributed by atoms with van der Waals surface area (Å²) in [5.41, 5.74) is 0.0852. The van der Waals surface area contributed by atoms with Crippen LogP contribution >= 0.6 is 0 Å². The second kappa shape index (κ2) is 37.3. The van der Waals surface area contributed by atoms with Gasteiger partial charge in [-0.25, -0.2) is 0 Å². The lowest BCUT2D eigenvalue weighted by Crippen LogP contribution is -2.29. The topological polar surface area (TPSA) is 9.23 Å². The Labute approximate surface area is 279 Å². The summed E-state index contributed by atoms with van der Waals surface area (Å²) in [5.74, 6) is 0. The second-order valence-electron chi connectivity index (χ2n) is 14.8. The SMILES string of the molecule is CCCCCCCCCCCCCCCC(C)(CCCCCCCCCCCCCCC)OCCCCCCCCCCF. The second-order valence-corrected chi connectivity index (χ2v) is 14.8. The van der Waals surface area contributed by atoms with Crippen LogP contribution in [0.3, 0.4) is 0 Å². The van der Waals surface area contributed by atoms with Crippen molar-refractivity contribution < 1.29 is 9.13 Å². The van der Waals surface area contributed by atoms with E-state index in [0.717, 1.165) is 19.4 Å². The van der Waals surface area contributed by atoms with Gasteiger partial charge in [-0.2, -0.15) is 0 Å². The number of unbranched alkanes of at least 4 members (excludes halogenated alkanes) is 31. The minimum Gasteiger partial charge on any atom is -0.375 e. The van der Waals surface area contributed by atoms with Gasteiger partial charge in [-0.05, 0) is 32.6 Å². The quantitative estimate of drug-likeness (QED) is 0.0618. The van der Waals surface area contributed by atoms with Gasteiger partial charge in [-0.3, -0.25) is 4.39 Å². The molecule has 0 fully saturated rings. The summed E-state index contributed by atoms with van der Waals surface area (Å²) >= 11 is 0. The molecule has 0 saturated carbocycles.